The first-order valence-corrected chi connectivity index (χ1v) is 6.84. The van der Waals surface area contributed by atoms with Crippen LogP contribution in [0, 0.1) is 13.8 Å². The summed E-state index contributed by atoms with van der Waals surface area (Å²) in [5.41, 5.74) is 8.69. The topological polar surface area (TPSA) is 77.0 Å². The first-order valence-electron chi connectivity index (χ1n) is 6.84. The van der Waals surface area contributed by atoms with Crippen LogP contribution in [0.1, 0.15) is 25.1 Å². The average Bonchev–Trinajstić information content (AvgIpc) is 2.66. The van der Waals surface area contributed by atoms with E-state index in [9.17, 15) is 4.79 Å². The van der Waals surface area contributed by atoms with Crippen LogP contribution in [-0.4, -0.2) is 38.4 Å². The molecule has 0 radical (unpaired) electrons. The van der Waals surface area contributed by atoms with E-state index in [1.165, 1.54) is 6.33 Å². The van der Waals surface area contributed by atoms with E-state index in [1.807, 2.05) is 37.2 Å². The van der Waals surface area contributed by atoms with E-state index in [2.05, 4.69) is 9.97 Å². The molecule has 0 saturated carbocycles. The van der Waals surface area contributed by atoms with Gasteiger partial charge in [-0.2, -0.15) is 0 Å². The van der Waals surface area contributed by atoms with Gasteiger partial charge in [-0.05, 0) is 33.3 Å². The monoisotopic (exact) mass is 275 g/mol. The Balaban J connectivity index is 2.48. The maximum atomic E-state index is 12.3. The molecule has 0 unspecified atom stereocenters. The fourth-order valence-corrected chi connectivity index (χ4v) is 2.50. The Hall–Kier alpha value is -2.11. The Kier molecular flexibility index (Phi) is 3.92. The molecule has 108 valence electrons. The second-order valence-electron chi connectivity index (χ2n) is 4.82. The number of likely N-dealkylation sites (N-methyl/N-ethyl adjacent to an activating group) is 1. The van der Waals surface area contributed by atoms with Crippen molar-refractivity contribution in [1.29, 1.82) is 0 Å². The molecule has 6 heteroatoms. The Morgan fingerprint density at radius 1 is 1.30 bits per heavy atom. The summed E-state index contributed by atoms with van der Waals surface area (Å²) in [5, 5.41) is 0.845. The molecule has 2 N–H and O–H groups in total. The molecule has 0 aliphatic rings. The van der Waals surface area contributed by atoms with E-state index < -0.39 is 0 Å². The Bertz CT molecular complexity index is 643. The predicted molar refractivity (Wildman–Crippen MR) is 79.3 cm³/mol. The molecule has 0 aromatic carbocycles. The summed E-state index contributed by atoms with van der Waals surface area (Å²) in [5.74, 6) is 0.553. The first kappa shape index (κ1) is 14.3. The van der Waals surface area contributed by atoms with Crippen molar-refractivity contribution in [2.45, 2.75) is 34.2 Å². The van der Waals surface area contributed by atoms with Crippen LogP contribution in [0.2, 0.25) is 0 Å². The van der Waals surface area contributed by atoms with Crippen LogP contribution >= 0.6 is 0 Å². The van der Waals surface area contributed by atoms with Crippen molar-refractivity contribution in [2.75, 3.05) is 18.8 Å². The third-order valence-electron chi connectivity index (χ3n) is 3.84. The lowest BCUT2D eigenvalue weighted by atomic mass is 10.2. The summed E-state index contributed by atoms with van der Waals surface area (Å²) in [4.78, 5) is 22.4. The number of hydrogen-bond donors (Lipinski definition) is 1. The molecule has 0 atom stereocenters. The van der Waals surface area contributed by atoms with Crippen LogP contribution in [0.3, 0.4) is 0 Å². The van der Waals surface area contributed by atoms with Crippen LogP contribution in [0.5, 0.6) is 0 Å². The van der Waals surface area contributed by atoms with Gasteiger partial charge >= 0.3 is 0 Å². The van der Waals surface area contributed by atoms with E-state index >= 15 is 0 Å². The number of nitrogens with zero attached hydrogens (tertiary/aromatic N) is 4. The lowest BCUT2D eigenvalue weighted by Crippen LogP contribution is -2.33. The van der Waals surface area contributed by atoms with Crippen molar-refractivity contribution in [3.63, 3.8) is 0 Å². The van der Waals surface area contributed by atoms with Crippen LogP contribution in [0.25, 0.3) is 11.0 Å². The highest BCUT2D eigenvalue weighted by molar-refractivity contribution is 5.91. The number of rotatable bonds is 4. The summed E-state index contributed by atoms with van der Waals surface area (Å²) >= 11 is 0. The van der Waals surface area contributed by atoms with E-state index in [1.54, 1.807) is 0 Å². The van der Waals surface area contributed by atoms with Crippen LogP contribution in [0.4, 0.5) is 5.82 Å². The van der Waals surface area contributed by atoms with Crippen molar-refractivity contribution >= 4 is 22.8 Å². The van der Waals surface area contributed by atoms with Crippen LogP contribution in [-0.2, 0) is 11.3 Å². The molecule has 0 saturated heterocycles. The van der Waals surface area contributed by atoms with Crippen LogP contribution in [0.15, 0.2) is 6.33 Å². The number of aromatic nitrogens is 3. The molecule has 2 aromatic heterocycles. The number of fused-ring (bicyclic) bond motifs is 1. The standard InChI is InChI=1S/C14H21N5O/c1-5-18(6-2)11(20)7-19-10(4)9(3)12-13(15)16-8-17-14(12)19/h8H,5-7H2,1-4H3,(H2,15,16,17). The maximum Gasteiger partial charge on any atom is 0.242 e. The summed E-state index contributed by atoms with van der Waals surface area (Å²) in [6.07, 6.45) is 1.44. The van der Waals surface area contributed by atoms with E-state index in [0.717, 1.165) is 22.3 Å². The Morgan fingerprint density at radius 2 is 1.95 bits per heavy atom. The molecule has 0 spiro atoms. The molecule has 0 bridgehead atoms. The quantitative estimate of drug-likeness (QED) is 0.917. The third-order valence-corrected chi connectivity index (χ3v) is 3.84. The minimum atomic E-state index is 0.0900. The molecule has 2 rings (SSSR count). The lowest BCUT2D eigenvalue weighted by Gasteiger charge is -2.19. The summed E-state index contributed by atoms with van der Waals surface area (Å²) in [6, 6.07) is 0. The third kappa shape index (κ3) is 2.21. The molecular weight excluding hydrogens is 254 g/mol. The van der Waals surface area contributed by atoms with Gasteiger partial charge in [0.2, 0.25) is 5.91 Å². The predicted octanol–water partition coefficient (Wildman–Crippen LogP) is 1.50. The van der Waals surface area contributed by atoms with Gasteiger partial charge in [0.05, 0.1) is 5.39 Å². The van der Waals surface area contributed by atoms with Gasteiger partial charge in [0, 0.05) is 18.8 Å². The highest BCUT2D eigenvalue weighted by Gasteiger charge is 2.18. The molecule has 6 nitrogen and oxygen atoms in total. The van der Waals surface area contributed by atoms with E-state index in [4.69, 9.17) is 5.73 Å². The summed E-state index contributed by atoms with van der Waals surface area (Å²) in [6.45, 7) is 9.63. The number of nitrogens with two attached hydrogens (primary N) is 1. The van der Waals surface area contributed by atoms with Crippen molar-refractivity contribution in [2.24, 2.45) is 0 Å². The summed E-state index contributed by atoms with van der Waals surface area (Å²) in [7, 11) is 0. The van der Waals surface area contributed by atoms with Gasteiger partial charge in [-0.1, -0.05) is 0 Å². The maximum absolute atomic E-state index is 12.3. The fourth-order valence-electron chi connectivity index (χ4n) is 2.50. The molecular formula is C14H21N5O. The van der Waals surface area contributed by atoms with Crippen molar-refractivity contribution in [3.8, 4) is 0 Å². The molecule has 0 fully saturated rings. The zero-order valence-electron chi connectivity index (χ0n) is 12.5. The minimum Gasteiger partial charge on any atom is -0.383 e. The first-order chi connectivity index (χ1) is 9.51. The van der Waals surface area contributed by atoms with Gasteiger partial charge < -0.3 is 15.2 Å². The highest BCUT2D eigenvalue weighted by atomic mass is 16.2. The zero-order valence-corrected chi connectivity index (χ0v) is 12.5. The number of nitrogen functional groups attached to an aromatic ring is 1. The number of carbonyl (C=O) groups excluding carboxylic acids is 1. The smallest absolute Gasteiger partial charge is 0.242 e. The minimum absolute atomic E-state index is 0.0900. The number of hydrogen-bond acceptors (Lipinski definition) is 4. The van der Waals surface area contributed by atoms with Crippen molar-refractivity contribution in [1.82, 2.24) is 19.4 Å². The molecule has 2 aromatic rings. The average molecular weight is 275 g/mol. The van der Waals surface area contributed by atoms with Gasteiger partial charge in [0.15, 0.2) is 0 Å². The number of amides is 1. The second-order valence-corrected chi connectivity index (χ2v) is 4.82. The molecule has 20 heavy (non-hydrogen) atoms. The van der Waals surface area contributed by atoms with Crippen molar-refractivity contribution in [3.05, 3.63) is 17.6 Å². The lowest BCUT2D eigenvalue weighted by molar-refractivity contribution is -0.131. The molecule has 1 amide bonds. The van der Waals surface area contributed by atoms with Gasteiger partial charge in [-0.15, -0.1) is 0 Å². The Morgan fingerprint density at radius 3 is 2.55 bits per heavy atom. The van der Waals surface area contributed by atoms with E-state index in [0.29, 0.717) is 18.9 Å². The Labute approximate surface area is 118 Å². The fraction of sp³-hybridized carbons (Fsp3) is 0.500. The van der Waals surface area contributed by atoms with Gasteiger partial charge in [0.1, 0.15) is 24.3 Å². The zero-order chi connectivity index (χ0) is 14.9. The van der Waals surface area contributed by atoms with Gasteiger partial charge in [-0.25, -0.2) is 9.97 Å². The highest BCUT2D eigenvalue weighted by Crippen LogP contribution is 2.26. The molecule has 0 aliphatic heterocycles. The number of aryl methyl sites for hydroxylation is 1. The normalized spacial score (nSPS) is 11.0. The van der Waals surface area contributed by atoms with E-state index in [-0.39, 0.29) is 12.5 Å². The molecule has 2 heterocycles. The second kappa shape index (κ2) is 5.48. The van der Waals surface area contributed by atoms with Gasteiger partial charge in [0.25, 0.3) is 0 Å². The molecule has 0 aliphatic carbocycles. The van der Waals surface area contributed by atoms with Crippen LogP contribution < -0.4 is 5.73 Å². The SMILES string of the molecule is CCN(CC)C(=O)Cn1c(C)c(C)c2c(N)ncnc21. The van der Waals surface area contributed by atoms with Gasteiger partial charge in [-0.3, -0.25) is 4.79 Å². The number of anilines is 1. The number of carbonyl (C=O) groups is 1. The van der Waals surface area contributed by atoms with Crippen molar-refractivity contribution < 1.29 is 4.79 Å². The largest absolute Gasteiger partial charge is 0.383 e. The summed E-state index contributed by atoms with van der Waals surface area (Å²) < 4.78 is 1.92.